The van der Waals surface area contributed by atoms with Gasteiger partial charge in [0.15, 0.2) is 0 Å². The van der Waals surface area contributed by atoms with Crippen LogP contribution in [-0.2, 0) is 0 Å². The summed E-state index contributed by atoms with van der Waals surface area (Å²) in [4.78, 5) is 4.37. The summed E-state index contributed by atoms with van der Waals surface area (Å²) >= 11 is 0. The molecule has 1 aromatic heterocycles. The van der Waals surface area contributed by atoms with Crippen LogP contribution in [0.1, 0.15) is 28.9 Å². The molecular weight excluding hydrogens is 196 g/mol. The highest BCUT2D eigenvalue weighted by Gasteiger charge is 2.39. The number of nitrogens with one attached hydrogen (secondary N) is 1. The summed E-state index contributed by atoms with van der Waals surface area (Å²) in [6, 6.07) is 15.6. The maximum atomic E-state index is 4.37. The zero-order chi connectivity index (χ0) is 11.0. The molecule has 0 amide bonds. The van der Waals surface area contributed by atoms with Gasteiger partial charge < -0.3 is 0 Å². The average molecular weight is 210 g/mol. The van der Waals surface area contributed by atoms with E-state index >= 15 is 0 Å². The zero-order valence-corrected chi connectivity index (χ0v) is 9.22. The van der Waals surface area contributed by atoms with Gasteiger partial charge in [-0.15, -0.1) is 0 Å². The van der Waals surface area contributed by atoms with Gasteiger partial charge in [0.2, 0.25) is 0 Å². The van der Waals surface area contributed by atoms with E-state index in [9.17, 15) is 0 Å². The molecule has 1 aromatic carbocycles. The fraction of sp³-hybridized carbons (Fsp3) is 0.214. The van der Waals surface area contributed by atoms with Crippen LogP contribution >= 0.6 is 0 Å². The van der Waals surface area contributed by atoms with E-state index in [1.54, 1.807) is 0 Å². The van der Waals surface area contributed by atoms with E-state index in [0.29, 0.717) is 12.1 Å². The standard InChI is InChI=1S/C14H14N2/c1-10-5-7-11(8-6-10)13-14(16-13)12-4-2-3-9-15-12/h2-9,13-14,16H,1H3/t13-,14-/m1/s1. The average Bonchev–Trinajstić information content (AvgIpc) is 3.11. The predicted octanol–water partition coefficient (Wildman–Crippen LogP) is 2.78. The maximum absolute atomic E-state index is 4.37. The minimum atomic E-state index is 0.393. The normalized spacial score (nSPS) is 23.1. The Hall–Kier alpha value is -1.67. The molecule has 2 atom stereocenters. The van der Waals surface area contributed by atoms with Gasteiger partial charge in [0.05, 0.1) is 17.8 Å². The number of pyridine rings is 1. The van der Waals surface area contributed by atoms with E-state index in [4.69, 9.17) is 0 Å². The van der Waals surface area contributed by atoms with Crippen molar-refractivity contribution in [3.63, 3.8) is 0 Å². The molecule has 16 heavy (non-hydrogen) atoms. The van der Waals surface area contributed by atoms with Crippen LogP contribution in [0.4, 0.5) is 0 Å². The summed E-state index contributed by atoms with van der Waals surface area (Å²) in [6.07, 6.45) is 1.85. The Labute approximate surface area is 95.3 Å². The van der Waals surface area contributed by atoms with E-state index in [-0.39, 0.29) is 0 Å². The van der Waals surface area contributed by atoms with Crippen molar-refractivity contribution in [2.24, 2.45) is 0 Å². The number of nitrogens with zero attached hydrogens (tertiary/aromatic N) is 1. The first-order chi connectivity index (χ1) is 7.84. The van der Waals surface area contributed by atoms with E-state index in [2.05, 4.69) is 47.6 Å². The first-order valence-corrected chi connectivity index (χ1v) is 5.58. The van der Waals surface area contributed by atoms with E-state index in [0.717, 1.165) is 5.69 Å². The molecule has 2 heterocycles. The lowest BCUT2D eigenvalue weighted by Crippen LogP contribution is -1.87. The second-order valence-electron chi connectivity index (χ2n) is 4.29. The Morgan fingerprint density at radius 3 is 2.50 bits per heavy atom. The van der Waals surface area contributed by atoms with Crippen LogP contribution in [0.5, 0.6) is 0 Å². The summed E-state index contributed by atoms with van der Waals surface area (Å²) in [5.74, 6) is 0. The van der Waals surface area contributed by atoms with Crippen molar-refractivity contribution >= 4 is 0 Å². The summed E-state index contributed by atoms with van der Waals surface area (Å²) in [6.45, 7) is 2.11. The number of rotatable bonds is 2. The Morgan fingerprint density at radius 2 is 1.81 bits per heavy atom. The Balaban J connectivity index is 1.79. The van der Waals surface area contributed by atoms with Gasteiger partial charge in [-0.3, -0.25) is 10.3 Å². The second-order valence-corrected chi connectivity index (χ2v) is 4.29. The summed E-state index contributed by atoms with van der Waals surface area (Å²) in [5, 5.41) is 3.46. The van der Waals surface area contributed by atoms with Crippen LogP contribution in [0.2, 0.25) is 0 Å². The van der Waals surface area contributed by atoms with Crippen LogP contribution < -0.4 is 5.32 Å². The summed E-state index contributed by atoms with van der Waals surface area (Å²) < 4.78 is 0. The molecule has 0 aliphatic carbocycles. The molecule has 2 aromatic rings. The van der Waals surface area contributed by atoms with Gasteiger partial charge in [0.1, 0.15) is 0 Å². The third-order valence-corrected chi connectivity index (χ3v) is 3.03. The van der Waals surface area contributed by atoms with Crippen LogP contribution in [0.25, 0.3) is 0 Å². The highest BCUT2D eigenvalue weighted by molar-refractivity contribution is 5.32. The van der Waals surface area contributed by atoms with Crippen LogP contribution in [0.3, 0.4) is 0 Å². The van der Waals surface area contributed by atoms with Gasteiger partial charge >= 0.3 is 0 Å². The minimum Gasteiger partial charge on any atom is -0.298 e. The molecule has 1 aliphatic rings. The Morgan fingerprint density at radius 1 is 1.00 bits per heavy atom. The van der Waals surface area contributed by atoms with Crippen molar-refractivity contribution < 1.29 is 0 Å². The summed E-state index contributed by atoms with van der Waals surface area (Å²) in [7, 11) is 0. The number of aromatic nitrogens is 1. The van der Waals surface area contributed by atoms with Gasteiger partial charge in [-0.2, -0.15) is 0 Å². The summed E-state index contributed by atoms with van der Waals surface area (Å²) in [5.41, 5.74) is 3.79. The predicted molar refractivity (Wildman–Crippen MR) is 64.0 cm³/mol. The van der Waals surface area contributed by atoms with Crippen molar-refractivity contribution in [1.29, 1.82) is 0 Å². The van der Waals surface area contributed by atoms with Crippen LogP contribution in [-0.4, -0.2) is 4.98 Å². The fourth-order valence-corrected chi connectivity index (χ4v) is 2.02. The van der Waals surface area contributed by atoms with Crippen molar-refractivity contribution in [1.82, 2.24) is 10.3 Å². The molecular formula is C14H14N2. The Kier molecular flexibility index (Phi) is 2.22. The van der Waals surface area contributed by atoms with Crippen molar-refractivity contribution in [3.05, 3.63) is 65.5 Å². The SMILES string of the molecule is Cc1ccc([C@H]2N[C@@H]2c2ccccn2)cc1. The molecule has 1 fully saturated rings. The molecule has 0 saturated carbocycles. The molecule has 0 radical (unpaired) electrons. The third kappa shape index (κ3) is 1.72. The smallest absolute Gasteiger partial charge is 0.0698 e. The van der Waals surface area contributed by atoms with Crippen LogP contribution in [0, 0.1) is 6.92 Å². The monoisotopic (exact) mass is 210 g/mol. The molecule has 1 N–H and O–H groups in total. The van der Waals surface area contributed by atoms with E-state index in [1.807, 2.05) is 18.3 Å². The van der Waals surface area contributed by atoms with Crippen LogP contribution in [0.15, 0.2) is 48.7 Å². The van der Waals surface area contributed by atoms with Gasteiger partial charge in [-0.1, -0.05) is 35.9 Å². The largest absolute Gasteiger partial charge is 0.298 e. The third-order valence-electron chi connectivity index (χ3n) is 3.03. The number of benzene rings is 1. The maximum Gasteiger partial charge on any atom is 0.0698 e. The van der Waals surface area contributed by atoms with Crippen molar-refractivity contribution in [2.75, 3.05) is 0 Å². The molecule has 0 unspecified atom stereocenters. The van der Waals surface area contributed by atoms with Gasteiger partial charge in [-0.05, 0) is 24.6 Å². The zero-order valence-electron chi connectivity index (χ0n) is 9.22. The molecule has 1 saturated heterocycles. The van der Waals surface area contributed by atoms with Crippen molar-refractivity contribution in [2.45, 2.75) is 19.0 Å². The first kappa shape index (κ1) is 9.55. The lowest BCUT2D eigenvalue weighted by molar-refractivity contribution is 0.962. The first-order valence-electron chi connectivity index (χ1n) is 5.58. The molecule has 0 bridgehead atoms. The number of hydrogen-bond donors (Lipinski definition) is 1. The topological polar surface area (TPSA) is 34.8 Å². The van der Waals surface area contributed by atoms with E-state index in [1.165, 1.54) is 11.1 Å². The van der Waals surface area contributed by atoms with E-state index < -0.39 is 0 Å². The Bertz CT molecular complexity index is 476. The van der Waals surface area contributed by atoms with Crippen molar-refractivity contribution in [3.8, 4) is 0 Å². The lowest BCUT2D eigenvalue weighted by Gasteiger charge is -1.99. The molecule has 2 heteroatoms. The fourth-order valence-electron chi connectivity index (χ4n) is 2.02. The number of aryl methyl sites for hydroxylation is 1. The highest BCUT2D eigenvalue weighted by atomic mass is 15.2. The molecule has 2 nitrogen and oxygen atoms in total. The van der Waals surface area contributed by atoms with Gasteiger partial charge in [0, 0.05) is 6.20 Å². The van der Waals surface area contributed by atoms with Gasteiger partial charge in [-0.25, -0.2) is 0 Å². The second kappa shape index (κ2) is 3.72. The highest BCUT2D eigenvalue weighted by Crippen LogP contribution is 2.41. The molecule has 1 aliphatic heterocycles. The minimum absolute atomic E-state index is 0.393. The molecule has 80 valence electrons. The quantitative estimate of drug-likeness (QED) is 0.773. The van der Waals surface area contributed by atoms with Gasteiger partial charge in [0.25, 0.3) is 0 Å². The lowest BCUT2D eigenvalue weighted by atomic mass is 10.1. The molecule has 0 spiro atoms. The molecule has 3 rings (SSSR count). The number of hydrogen-bond acceptors (Lipinski definition) is 2.